The van der Waals surface area contributed by atoms with Gasteiger partial charge < -0.3 is 14.0 Å². The number of rotatable bonds is 4. The van der Waals surface area contributed by atoms with Gasteiger partial charge in [0, 0.05) is 60.8 Å². The molecule has 3 heterocycles. The predicted molar refractivity (Wildman–Crippen MR) is 224 cm³/mol. The molecule has 0 aliphatic carbocycles. The van der Waals surface area contributed by atoms with Crippen molar-refractivity contribution in [3.63, 3.8) is 0 Å². The summed E-state index contributed by atoms with van der Waals surface area (Å²) >= 11 is 1.85. The summed E-state index contributed by atoms with van der Waals surface area (Å²) in [6.45, 7) is 0. The molecule has 2 aromatic heterocycles. The normalized spacial score (nSPS) is 12.5. The summed E-state index contributed by atoms with van der Waals surface area (Å²) in [6.07, 6.45) is 0. The standard InChI is InChI=1S/C49H33N3S/c1-50-42-24-20-32(33-22-26-45-39(28-33)38-16-8-9-17-44(38)51(45)36-12-4-2-5-13-36)29-40(42)41-30-34(21-25-43(41)50)35-23-27-47-49(31-35)53-48-19-11-10-18-46(48)52(47)37-14-6-3-7-15-37/h2-31H,1H3. The van der Waals surface area contributed by atoms with E-state index >= 15 is 0 Å². The zero-order valence-corrected chi connectivity index (χ0v) is 29.9. The van der Waals surface area contributed by atoms with E-state index in [1.165, 1.54) is 98.4 Å². The molecular formula is C49H33N3S. The van der Waals surface area contributed by atoms with Crippen molar-refractivity contribution in [3.05, 3.63) is 182 Å². The van der Waals surface area contributed by atoms with Gasteiger partial charge in [-0.1, -0.05) is 103 Å². The first-order valence-corrected chi connectivity index (χ1v) is 18.9. The van der Waals surface area contributed by atoms with Gasteiger partial charge in [-0.2, -0.15) is 0 Å². The fourth-order valence-electron chi connectivity index (χ4n) is 8.38. The highest BCUT2D eigenvalue weighted by molar-refractivity contribution is 7.99. The first-order valence-electron chi connectivity index (χ1n) is 18.1. The fourth-order valence-corrected chi connectivity index (χ4v) is 9.47. The van der Waals surface area contributed by atoms with E-state index in [0.717, 1.165) is 0 Å². The van der Waals surface area contributed by atoms with Crippen LogP contribution in [-0.2, 0) is 7.05 Å². The molecule has 0 saturated carbocycles. The van der Waals surface area contributed by atoms with Crippen molar-refractivity contribution in [1.29, 1.82) is 0 Å². The first-order chi connectivity index (χ1) is 26.2. The number of nitrogens with zero attached hydrogens (tertiary/aromatic N) is 3. The number of benzene rings is 8. The maximum atomic E-state index is 2.39. The number of para-hydroxylation sites is 4. The van der Waals surface area contributed by atoms with Crippen LogP contribution in [0.2, 0.25) is 0 Å². The summed E-state index contributed by atoms with van der Waals surface area (Å²) < 4.78 is 4.70. The predicted octanol–water partition coefficient (Wildman–Crippen LogP) is 13.7. The van der Waals surface area contributed by atoms with Crippen LogP contribution in [0.4, 0.5) is 17.1 Å². The van der Waals surface area contributed by atoms with Gasteiger partial charge in [0.2, 0.25) is 0 Å². The lowest BCUT2D eigenvalue weighted by Gasteiger charge is -2.33. The average Bonchev–Trinajstić information content (AvgIpc) is 3.70. The van der Waals surface area contributed by atoms with Crippen molar-refractivity contribution in [2.75, 3.05) is 4.90 Å². The Morgan fingerprint density at radius 3 is 1.55 bits per heavy atom. The monoisotopic (exact) mass is 695 g/mol. The van der Waals surface area contributed by atoms with Gasteiger partial charge in [0.25, 0.3) is 0 Å². The molecule has 4 heteroatoms. The highest BCUT2D eigenvalue weighted by Gasteiger charge is 2.25. The molecule has 8 aromatic carbocycles. The number of aryl methyl sites for hydroxylation is 1. The minimum Gasteiger partial charge on any atom is -0.344 e. The summed E-state index contributed by atoms with van der Waals surface area (Å²) in [5.41, 5.74) is 14.6. The second kappa shape index (κ2) is 11.8. The highest BCUT2D eigenvalue weighted by atomic mass is 32.2. The molecule has 0 N–H and O–H groups in total. The minimum absolute atomic E-state index is 1.17. The van der Waals surface area contributed by atoms with Crippen LogP contribution in [0.25, 0.3) is 71.6 Å². The van der Waals surface area contributed by atoms with E-state index < -0.39 is 0 Å². The van der Waals surface area contributed by atoms with E-state index in [1.54, 1.807) is 0 Å². The molecule has 0 fully saturated rings. The lowest BCUT2D eigenvalue weighted by molar-refractivity contribution is 1.01. The summed E-state index contributed by atoms with van der Waals surface area (Å²) in [5.74, 6) is 0. The maximum Gasteiger partial charge on any atom is 0.0602 e. The summed E-state index contributed by atoms with van der Waals surface area (Å²) in [5, 5.41) is 5.07. The molecule has 53 heavy (non-hydrogen) atoms. The van der Waals surface area contributed by atoms with Crippen molar-refractivity contribution < 1.29 is 0 Å². The smallest absolute Gasteiger partial charge is 0.0602 e. The Hall–Kier alpha value is -6.49. The number of hydrogen-bond donors (Lipinski definition) is 0. The van der Waals surface area contributed by atoms with Gasteiger partial charge in [-0.25, -0.2) is 0 Å². The van der Waals surface area contributed by atoms with E-state index in [0.29, 0.717) is 0 Å². The summed E-state index contributed by atoms with van der Waals surface area (Å²) in [7, 11) is 2.18. The molecule has 0 bridgehead atoms. The van der Waals surface area contributed by atoms with Crippen LogP contribution in [0.1, 0.15) is 0 Å². The van der Waals surface area contributed by atoms with Gasteiger partial charge in [0.1, 0.15) is 0 Å². The third-order valence-corrected chi connectivity index (χ3v) is 12.0. The van der Waals surface area contributed by atoms with E-state index in [1.807, 2.05) is 11.8 Å². The molecule has 0 unspecified atom stereocenters. The lowest BCUT2D eigenvalue weighted by atomic mass is 9.99. The average molecular weight is 696 g/mol. The summed E-state index contributed by atoms with van der Waals surface area (Å²) in [4.78, 5) is 4.91. The van der Waals surface area contributed by atoms with Gasteiger partial charge in [-0.3, -0.25) is 0 Å². The molecule has 1 aliphatic rings. The van der Waals surface area contributed by atoms with Crippen LogP contribution in [0, 0.1) is 0 Å². The Morgan fingerprint density at radius 2 is 0.849 bits per heavy atom. The molecule has 1 aliphatic heterocycles. The van der Waals surface area contributed by atoms with Crippen LogP contribution in [-0.4, -0.2) is 9.13 Å². The van der Waals surface area contributed by atoms with Gasteiger partial charge in [0.05, 0.1) is 22.4 Å². The van der Waals surface area contributed by atoms with Crippen molar-refractivity contribution in [3.8, 4) is 27.9 Å². The van der Waals surface area contributed by atoms with Gasteiger partial charge in [0.15, 0.2) is 0 Å². The Morgan fingerprint density at radius 1 is 0.358 bits per heavy atom. The first kappa shape index (κ1) is 30.2. The zero-order chi connectivity index (χ0) is 35.0. The maximum absolute atomic E-state index is 2.39. The lowest BCUT2D eigenvalue weighted by Crippen LogP contribution is -2.14. The Bertz CT molecular complexity index is 3050. The molecular weight excluding hydrogens is 663 g/mol. The molecule has 10 aromatic rings. The number of anilines is 3. The van der Waals surface area contributed by atoms with Crippen LogP contribution in [0.3, 0.4) is 0 Å². The molecule has 0 atom stereocenters. The van der Waals surface area contributed by atoms with Crippen molar-refractivity contribution in [2.45, 2.75) is 9.79 Å². The number of hydrogen-bond acceptors (Lipinski definition) is 2. The quantitative estimate of drug-likeness (QED) is 0.182. The minimum atomic E-state index is 1.17. The molecule has 0 radical (unpaired) electrons. The second-order valence-corrected chi connectivity index (χ2v) is 14.9. The van der Waals surface area contributed by atoms with Crippen molar-refractivity contribution in [1.82, 2.24) is 9.13 Å². The Labute approximate surface area is 312 Å². The summed E-state index contributed by atoms with van der Waals surface area (Å²) in [6, 6.07) is 66.5. The van der Waals surface area contributed by atoms with Crippen LogP contribution < -0.4 is 4.90 Å². The Kier molecular flexibility index (Phi) is 6.70. The van der Waals surface area contributed by atoms with Crippen molar-refractivity contribution >= 4 is 72.4 Å². The SMILES string of the molecule is Cn1c2ccc(-c3ccc4c(c3)Sc3ccccc3N4c3ccccc3)cc2c2cc(-c3ccc4c(c3)c3ccccc3n4-c3ccccc3)ccc21. The molecule has 0 amide bonds. The zero-order valence-electron chi connectivity index (χ0n) is 29.1. The van der Waals surface area contributed by atoms with E-state index in [4.69, 9.17) is 0 Å². The van der Waals surface area contributed by atoms with Gasteiger partial charge >= 0.3 is 0 Å². The molecule has 3 nitrogen and oxygen atoms in total. The van der Waals surface area contributed by atoms with E-state index in [9.17, 15) is 0 Å². The third-order valence-electron chi connectivity index (χ3n) is 10.9. The molecule has 11 rings (SSSR count). The fraction of sp³-hybridized carbons (Fsp3) is 0.0204. The number of fused-ring (bicyclic) bond motifs is 8. The van der Waals surface area contributed by atoms with Crippen LogP contribution in [0.15, 0.2) is 192 Å². The van der Waals surface area contributed by atoms with Crippen molar-refractivity contribution in [2.24, 2.45) is 7.05 Å². The molecule has 250 valence electrons. The highest BCUT2D eigenvalue weighted by Crippen LogP contribution is 2.52. The Balaban J connectivity index is 1.02. The topological polar surface area (TPSA) is 13.1 Å². The van der Waals surface area contributed by atoms with E-state index in [2.05, 4.69) is 203 Å². The van der Waals surface area contributed by atoms with Crippen LogP contribution in [0.5, 0.6) is 0 Å². The van der Waals surface area contributed by atoms with Gasteiger partial charge in [-0.05, 0) is 113 Å². The second-order valence-electron chi connectivity index (χ2n) is 13.9. The van der Waals surface area contributed by atoms with E-state index in [-0.39, 0.29) is 0 Å². The number of aromatic nitrogens is 2. The van der Waals surface area contributed by atoms with Gasteiger partial charge in [-0.15, -0.1) is 0 Å². The van der Waals surface area contributed by atoms with Crippen LogP contribution >= 0.6 is 11.8 Å². The largest absolute Gasteiger partial charge is 0.344 e. The molecule has 0 spiro atoms. The molecule has 0 saturated heterocycles. The third kappa shape index (κ3) is 4.69.